The molecule has 0 aromatic heterocycles. The minimum Gasteiger partial charge on any atom is -0.504 e. The third-order valence-corrected chi connectivity index (χ3v) is 6.32. The van der Waals surface area contributed by atoms with Gasteiger partial charge in [0.2, 0.25) is 0 Å². The molecule has 6 nitrogen and oxygen atoms in total. The van der Waals surface area contributed by atoms with E-state index in [0.29, 0.717) is 5.75 Å². The minimum absolute atomic E-state index is 0.0487. The zero-order valence-electron chi connectivity index (χ0n) is 14.5. The van der Waals surface area contributed by atoms with Crippen LogP contribution in [0.15, 0.2) is 17.2 Å². The van der Waals surface area contributed by atoms with E-state index in [2.05, 4.69) is 10.5 Å². The molecule has 25 heavy (non-hydrogen) atoms. The molecule has 2 amide bonds. The molecule has 5 rings (SSSR count). The number of rotatable bonds is 4. The van der Waals surface area contributed by atoms with Crippen molar-refractivity contribution in [3.05, 3.63) is 23.3 Å². The summed E-state index contributed by atoms with van der Waals surface area (Å²) in [6, 6.07) is 3.02. The fourth-order valence-electron chi connectivity index (χ4n) is 5.87. The molecule has 4 aliphatic rings. The van der Waals surface area contributed by atoms with Crippen LogP contribution in [-0.4, -0.2) is 24.5 Å². The summed E-state index contributed by atoms with van der Waals surface area (Å²) in [5, 5.41) is 14.7. The van der Waals surface area contributed by atoms with E-state index in [4.69, 9.17) is 10.5 Å². The second-order valence-corrected chi connectivity index (χ2v) is 8.05. The number of phenolic OH excluding ortho intramolecular Hbond substituents is 1. The zero-order valence-corrected chi connectivity index (χ0v) is 14.5. The Labute approximate surface area is 147 Å². The van der Waals surface area contributed by atoms with Crippen molar-refractivity contribution >= 4 is 12.2 Å². The van der Waals surface area contributed by atoms with Gasteiger partial charge in [-0.2, -0.15) is 5.10 Å². The highest BCUT2D eigenvalue weighted by Crippen LogP contribution is 2.62. The number of aromatic hydroxyl groups is 1. The first-order valence-electron chi connectivity index (χ1n) is 8.99. The molecular weight excluding hydrogens is 318 g/mol. The molecule has 0 unspecified atom stereocenters. The molecule has 4 N–H and O–H groups in total. The number of hydrazone groups is 1. The van der Waals surface area contributed by atoms with Crippen molar-refractivity contribution in [2.24, 2.45) is 28.6 Å². The van der Waals surface area contributed by atoms with Crippen LogP contribution in [0.1, 0.15) is 49.7 Å². The number of ether oxygens (including phenoxy) is 1. The Morgan fingerprint density at radius 3 is 2.40 bits per heavy atom. The first-order chi connectivity index (χ1) is 12.0. The van der Waals surface area contributed by atoms with Gasteiger partial charge in [-0.15, -0.1) is 0 Å². The van der Waals surface area contributed by atoms with Crippen LogP contribution in [0.25, 0.3) is 0 Å². The molecule has 1 aromatic rings. The van der Waals surface area contributed by atoms with Gasteiger partial charge in [0.25, 0.3) is 0 Å². The number of nitrogens with two attached hydrogens (primary N) is 1. The van der Waals surface area contributed by atoms with Crippen molar-refractivity contribution in [3.63, 3.8) is 0 Å². The fourth-order valence-corrected chi connectivity index (χ4v) is 5.87. The normalized spacial score (nSPS) is 32.9. The molecule has 0 heterocycles. The molecule has 0 aliphatic heterocycles. The zero-order chi connectivity index (χ0) is 17.6. The maximum atomic E-state index is 10.8. The van der Waals surface area contributed by atoms with Crippen molar-refractivity contribution in [1.29, 1.82) is 0 Å². The molecule has 4 aliphatic carbocycles. The van der Waals surface area contributed by atoms with Crippen LogP contribution in [-0.2, 0) is 5.41 Å². The first kappa shape index (κ1) is 16.2. The standard InChI is InChI=1S/C19H25N3O3/c1-25-16-6-14(10-21-22-18(20)24)5-15(17(16)23)19-7-11-2-12(8-19)4-13(3-11)9-19/h5-6,10-13,23H,2-4,7-9H2,1H3,(H3,20,22,24). The van der Waals surface area contributed by atoms with Crippen LogP contribution in [0, 0.1) is 17.8 Å². The maximum Gasteiger partial charge on any atom is 0.332 e. The molecule has 0 radical (unpaired) electrons. The van der Waals surface area contributed by atoms with Gasteiger partial charge in [0.05, 0.1) is 13.3 Å². The van der Waals surface area contributed by atoms with E-state index in [1.54, 1.807) is 13.2 Å². The SMILES string of the molecule is COc1cc(C=NNC(N)=O)cc(C23CC4CC(CC(C4)C2)C3)c1O. The van der Waals surface area contributed by atoms with Crippen LogP contribution >= 0.6 is 0 Å². The molecule has 4 bridgehead atoms. The number of phenols is 1. The molecular formula is C19H25N3O3. The molecule has 4 fully saturated rings. The van der Waals surface area contributed by atoms with E-state index < -0.39 is 6.03 Å². The summed E-state index contributed by atoms with van der Waals surface area (Å²) in [5.41, 5.74) is 9.06. The molecule has 0 atom stereocenters. The molecule has 0 spiro atoms. The summed E-state index contributed by atoms with van der Waals surface area (Å²) in [4.78, 5) is 10.8. The number of benzene rings is 1. The smallest absolute Gasteiger partial charge is 0.332 e. The van der Waals surface area contributed by atoms with Gasteiger partial charge in [-0.25, -0.2) is 10.2 Å². The number of methoxy groups -OCH3 is 1. The van der Waals surface area contributed by atoms with Gasteiger partial charge in [-0.05, 0) is 79.4 Å². The monoisotopic (exact) mass is 343 g/mol. The molecule has 1 aromatic carbocycles. The van der Waals surface area contributed by atoms with Crippen molar-refractivity contribution in [1.82, 2.24) is 5.43 Å². The number of amides is 2. The second-order valence-electron chi connectivity index (χ2n) is 8.05. The predicted octanol–water partition coefficient (Wildman–Crippen LogP) is 2.87. The van der Waals surface area contributed by atoms with E-state index in [1.807, 2.05) is 6.07 Å². The van der Waals surface area contributed by atoms with E-state index in [0.717, 1.165) is 48.1 Å². The van der Waals surface area contributed by atoms with Crippen molar-refractivity contribution in [2.75, 3.05) is 7.11 Å². The molecule has 6 heteroatoms. The number of carbonyl (C=O) groups is 1. The Bertz CT molecular complexity index is 694. The average Bonchev–Trinajstić information content (AvgIpc) is 2.54. The number of nitrogens with one attached hydrogen (secondary N) is 1. The van der Waals surface area contributed by atoms with Gasteiger partial charge < -0.3 is 15.6 Å². The highest BCUT2D eigenvalue weighted by molar-refractivity contribution is 5.83. The van der Waals surface area contributed by atoms with E-state index >= 15 is 0 Å². The lowest BCUT2D eigenvalue weighted by Gasteiger charge is -2.57. The highest BCUT2D eigenvalue weighted by atomic mass is 16.5. The molecule has 134 valence electrons. The van der Waals surface area contributed by atoms with Gasteiger partial charge >= 0.3 is 6.03 Å². The van der Waals surface area contributed by atoms with Gasteiger partial charge in [0.1, 0.15) is 0 Å². The van der Waals surface area contributed by atoms with Crippen LogP contribution in [0.3, 0.4) is 0 Å². The molecule has 4 saturated carbocycles. The lowest BCUT2D eigenvalue weighted by Crippen LogP contribution is -2.48. The summed E-state index contributed by atoms with van der Waals surface area (Å²) in [5.74, 6) is 3.06. The third-order valence-electron chi connectivity index (χ3n) is 6.32. The van der Waals surface area contributed by atoms with Crippen molar-refractivity contribution in [2.45, 2.75) is 43.9 Å². The maximum absolute atomic E-state index is 10.8. The third kappa shape index (κ3) is 2.83. The Morgan fingerprint density at radius 1 is 1.28 bits per heavy atom. The summed E-state index contributed by atoms with van der Waals surface area (Å²) in [7, 11) is 1.56. The summed E-state index contributed by atoms with van der Waals surface area (Å²) in [6.07, 6.45) is 9.03. The summed E-state index contributed by atoms with van der Waals surface area (Å²) >= 11 is 0. The number of carbonyl (C=O) groups excluding carboxylic acids is 1. The molecule has 0 saturated heterocycles. The topological polar surface area (TPSA) is 96.9 Å². The Balaban J connectivity index is 1.73. The predicted molar refractivity (Wildman–Crippen MR) is 94.8 cm³/mol. The number of urea groups is 1. The largest absolute Gasteiger partial charge is 0.504 e. The highest BCUT2D eigenvalue weighted by Gasteiger charge is 2.52. The number of nitrogens with zero attached hydrogens (tertiary/aromatic N) is 1. The van der Waals surface area contributed by atoms with Crippen LogP contribution in [0.5, 0.6) is 11.5 Å². The van der Waals surface area contributed by atoms with Crippen molar-refractivity contribution < 1.29 is 14.6 Å². The number of primary amides is 1. The van der Waals surface area contributed by atoms with E-state index in [9.17, 15) is 9.90 Å². The Kier molecular flexibility index (Phi) is 3.85. The second kappa shape index (κ2) is 5.93. The van der Waals surface area contributed by atoms with Crippen LogP contribution < -0.4 is 15.9 Å². The van der Waals surface area contributed by atoms with Gasteiger partial charge in [0, 0.05) is 5.56 Å². The number of hydrogen-bond donors (Lipinski definition) is 3. The quantitative estimate of drug-likeness (QED) is 0.579. The number of hydrogen-bond acceptors (Lipinski definition) is 4. The Hall–Kier alpha value is -2.24. The summed E-state index contributed by atoms with van der Waals surface area (Å²) in [6.45, 7) is 0. The van der Waals surface area contributed by atoms with Gasteiger partial charge in [-0.3, -0.25) is 0 Å². The van der Waals surface area contributed by atoms with Crippen LogP contribution in [0.4, 0.5) is 4.79 Å². The fraction of sp³-hybridized carbons (Fsp3) is 0.579. The van der Waals surface area contributed by atoms with Crippen molar-refractivity contribution in [3.8, 4) is 11.5 Å². The van der Waals surface area contributed by atoms with Gasteiger partial charge in [0.15, 0.2) is 11.5 Å². The minimum atomic E-state index is -0.705. The average molecular weight is 343 g/mol. The van der Waals surface area contributed by atoms with Crippen LogP contribution in [0.2, 0.25) is 0 Å². The van der Waals surface area contributed by atoms with Gasteiger partial charge in [-0.1, -0.05) is 0 Å². The van der Waals surface area contributed by atoms with E-state index in [-0.39, 0.29) is 11.2 Å². The lowest BCUT2D eigenvalue weighted by atomic mass is 9.48. The first-order valence-corrected chi connectivity index (χ1v) is 8.99. The summed E-state index contributed by atoms with van der Waals surface area (Å²) < 4.78 is 5.39. The van der Waals surface area contributed by atoms with E-state index in [1.165, 1.54) is 25.5 Å². The Morgan fingerprint density at radius 2 is 1.88 bits per heavy atom. The lowest BCUT2D eigenvalue weighted by molar-refractivity contribution is -0.00627.